The normalized spacial score (nSPS) is 21.5. The average molecular weight is 357 g/mol. The number of nitrogens with zero attached hydrogens (tertiary/aromatic N) is 2. The highest BCUT2D eigenvalue weighted by molar-refractivity contribution is 5.79. The third-order valence-corrected chi connectivity index (χ3v) is 5.94. The Kier molecular flexibility index (Phi) is 6.30. The minimum Gasteiger partial charge on any atom is -0.342 e. The molecule has 142 valence electrons. The second kappa shape index (κ2) is 8.67. The Labute approximate surface area is 156 Å². The lowest BCUT2D eigenvalue weighted by molar-refractivity contribution is -0.138. The average Bonchev–Trinajstić information content (AvgIpc) is 2.69. The molecule has 1 aromatic carbocycles. The Balaban J connectivity index is 1.49. The zero-order valence-corrected chi connectivity index (χ0v) is 15.8. The maximum absolute atomic E-state index is 12.8. The Morgan fingerprint density at radius 1 is 1.15 bits per heavy atom. The van der Waals surface area contributed by atoms with Gasteiger partial charge in [-0.3, -0.25) is 9.59 Å². The molecule has 1 aromatic rings. The van der Waals surface area contributed by atoms with E-state index in [-0.39, 0.29) is 17.9 Å². The van der Waals surface area contributed by atoms with Crippen molar-refractivity contribution in [2.24, 2.45) is 17.6 Å². The zero-order valence-electron chi connectivity index (χ0n) is 15.8. The van der Waals surface area contributed by atoms with Gasteiger partial charge in [-0.15, -0.1) is 0 Å². The number of likely N-dealkylation sites (tertiary alicyclic amines) is 2. The van der Waals surface area contributed by atoms with E-state index < -0.39 is 0 Å². The molecule has 2 unspecified atom stereocenters. The van der Waals surface area contributed by atoms with Crippen molar-refractivity contribution in [3.05, 3.63) is 35.9 Å². The highest BCUT2D eigenvalue weighted by Gasteiger charge is 2.31. The number of rotatable bonds is 5. The van der Waals surface area contributed by atoms with Gasteiger partial charge in [-0.2, -0.15) is 0 Å². The van der Waals surface area contributed by atoms with Crippen LogP contribution in [0.4, 0.5) is 0 Å². The van der Waals surface area contributed by atoms with E-state index in [2.05, 4.69) is 0 Å². The first-order chi connectivity index (χ1) is 12.6. The predicted octanol–water partition coefficient (Wildman–Crippen LogP) is 2.57. The van der Waals surface area contributed by atoms with Crippen molar-refractivity contribution in [2.75, 3.05) is 26.2 Å². The summed E-state index contributed by atoms with van der Waals surface area (Å²) in [5.74, 6) is 0.739. The van der Waals surface area contributed by atoms with Crippen LogP contribution in [0.1, 0.15) is 50.6 Å². The first kappa shape index (κ1) is 18.9. The molecule has 5 heteroatoms. The lowest BCUT2D eigenvalue weighted by Crippen LogP contribution is -2.46. The van der Waals surface area contributed by atoms with E-state index in [0.717, 1.165) is 57.4 Å². The zero-order chi connectivity index (χ0) is 18.5. The van der Waals surface area contributed by atoms with Crippen LogP contribution in [0.15, 0.2) is 30.3 Å². The van der Waals surface area contributed by atoms with Gasteiger partial charge in [-0.1, -0.05) is 37.3 Å². The smallest absolute Gasteiger partial charge is 0.227 e. The van der Waals surface area contributed by atoms with E-state index in [4.69, 9.17) is 5.73 Å². The molecule has 0 radical (unpaired) electrons. The monoisotopic (exact) mass is 357 g/mol. The predicted molar refractivity (Wildman–Crippen MR) is 102 cm³/mol. The molecule has 2 N–H and O–H groups in total. The molecule has 2 saturated heterocycles. The minimum absolute atomic E-state index is 0.147. The van der Waals surface area contributed by atoms with Crippen molar-refractivity contribution >= 4 is 11.8 Å². The molecule has 0 saturated carbocycles. The lowest BCUT2D eigenvalue weighted by atomic mass is 9.91. The molecular formula is C21H31N3O2. The second-order valence-electron chi connectivity index (χ2n) is 7.79. The van der Waals surface area contributed by atoms with Gasteiger partial charge >= 0.3 is 0 Å². The van der Waals surface area contributed by atoms with Crippen molar-refractivity contribution in [1.29, 1.82) is 0 Å². The van der Waals surface area contributed by atoms with Crippen molar-refractivity contribution < 1.29 is 9.59 Å². The second-order valence-corrected chi connectivity index (χ2v) is 7.79. The molecule has 2 heterocycles. The van der Waals surface area contributed by atoms with Crippen LogP contribution in [-0.2, 0) is 9.59 Å². The van der Waals surface area contributed by atoms with Crippen molar-refractivity contribution in [2.45, 2.75) is 45.1 Å². The van der Waals surface area contributed by atoms with Crippen LogP contribution in [0.25, 0.3) is 0 Å². The number of hydrogen-bond acceptors (Lipinski definition) is 3. The van der Waals surface area contributed by atoms with Crippen LogP contribution >= 0.6 is 0 Å². The number of carbonyl (C=O) groups is 2. The molecule has 2 amide bonds. The number of hydrogen-bond donors (Lipinski definition) is 1. The third-order valence-electron chi connectivity index (χ3n) is 5.94. The van der Waals surface area contributed by atoms with Gasteiger partial charge in [0.15, 0.2) is 0 Å². The van der Waals surface area contributed by atoms with Crippen LogP contribution in [-0.4, -0.2) is 47.8 Å². The van der Waals surface area contributed by atoms with E-state index in [1.165, 1.54) is 0 Å². The van der Waals surface area contributed by atoms with Crippen LogP contribution in [0.2, 0.25) is 0 Å². The lowest BCUT2D eigenvalue weighted by Gasteiger charge is -2.37. The Hall–Kier alpha value is -1.88. The fourth-order valence-electron chi connectivity index (χ4n) is 4.11. The fraction of sp³-hybridized carbons (Fsp3) is 0.619. The quantitative estimate of drug-likeness (QED) is 0.881. The Morgan fingerprint density at radius 3 is 2.50 bits per heavy atom. The largest absolute Gasteiger partial charge is 0.342 e. The molecule has 2 aliphatic heterocycles. The summed E-state index contributed by atoms with van der Waals surface area (Å²) in [6, 6.07) is 9.57. The number of nitrogens with two attached hydrogens (primary N) is 1. The van der Waals surface area contributed by atoms with Gasteiger partial charge in [-0.25, -0.2) is 0 Å². The van der Waals surface area contributed by atoms with Gasteiger partial charge in [-0.05, 0) is 37.2 Å². The topological polar surface area (TPSA) is 66.6 Å². The van der Waals surface area contributed by atoms with E-state index in [1.807, 2.05) is 47.1 Å². The first-order valence-corrected chi connectivity index (χ1v) is 9.93. The van der Waals surface area contributed by atoms with Crippen molar-refractivity contribution in [3.8, 4) is 0 Å². The first-order valence-electron chi connectivity index (χ1n) is 9.93. The highest BCUT2D eigenvalue weighted by atomic mass is 16.2. The van der Waals surface area contributed by atoms with Gasteiger partial charge in [0.05, 0.1) is 5.92 Å². The summed E-state index contributed by atoms with van der Waals surface area (Å²) in [6.45, 7) is 5.24. The van der Waals surface area contributed by atoms with E-state index in [1.54, 1.807) is 0 Å². The van der Waals surface area contributed by atoms with Gasteiger partial charge in [0.1, 0.15) is 0 Å². The summed E-state index contributed by atoms with van der Waals surface area (Å²) in [4.78, 5) is 28.8. The maximum atomic E-state index is 12.8. The van der Waals surface area contributed by atoms with Gasteiger partial charge in [0.25, 0.3) is 0 Å². The van der Waals surface area contributed by atoms with Gasteiger partial charge in [0, 0.05) is 38.6 Å². The molecule has 2 aliphatic rings. The number of carbonyl (C=O) groups excluding carboxylic acids is 2. The van der Waals surface area contributed by atoms with Gasteiger partial charge in [0.2, 0.25) is 11.8 Å². The van der Waals surface area contributed by atoms with Gasteiger partial charge < -0.3 is 15.5 Å². The number of benzene rings is 1. The third kappa shape index (κ3) is 4.44. The minimum atomic E-state index is -0.271. The molecule has 2 fully saturated rings. The van der Waals surface area contributed by atoms with Crippen LogP contribution < -0.4 is 5.73 Å². The molecule has 3 rings (SSSR count). The molecule has 0 bridgehead atoms. The summed E-state index contributed by atoms with van der Waals surface area (Å²) in [5.41, 5.74) is 7.33. The van der Waals surface area contributed by atoms with E-state index in [0.29, 0.717) is 18.2 Å². The van der Waals surface area contributed by atoms with Crippen LogP contribution in [0, 0.1) is 11.8 Å². The molecule has 0 aliphatic carbocycles. The van der Waals surface area contributed by atoms with E-state index in [9.17, 15) is 9.59 Å². The molecule has 0 aromatic heterocycles. The molecule has 2 atom stereocenters. The highest BCUT2D eigenvalue weighted by Crippen LogP contribution is 2.25. The number of amides is 2. The van der Waals surface area contributed by atoms with Crippen molar-refractivity contribution in [1.82, 2.24) is 9.80 Å². The summed E-state index contributed by atoms with van der Waals surface area (Å²) in [7, 11) is 0. The van der Waals surface area contributed by atoms with E-state index >= 15 is 0 Å². The fourth-order valence-corrected chi connectivity index (χ4v) is 4.11. The molecular weight excluding hydrogens is 326 g/mol. The molecule has 26 heavy (non-hydrogen) atoms. The molecule has 5 nitrogen and oxygen atoms in total. The summed E-state index contributed by atoms with van der Waals surface area (Å²) in [6.07, 6.45) is 4.80. The van der Waals surface area contributed by atoms with Crippen LogP contribution in [0.3, 0.4) is 0 Å². The summed E-state index contributed by atoms with van der Waals surface area (Å²) >= 11 is 0. The van der Waals surface area contributed by atoms with Crippen LogP contribution in [0.5, 0.6) is 0 Å². The summed E-state index contributed by atoms with van der Waals surface area (Å²) in [5, 5.41) is 0. The summed E-state index contributed by atoms with van der Waals surface area (Å²) < 4.78 is 0. The standard InChI is InChI=1S/C21H31N3O2/c1-16(20(22)18-7-3-2-4-8-18)21(26)23-13-10-17(11-14-23)15-24-12-6-5-9-19(24)25/h2-4,7-8,16-17,20H,5-6,9-15,22H2,1H3. The molecule has 0 spiro atoms. The Morgan fingerprint density at radius 2 is 1.85 bits per heavy atom. The SMILES string of the molecule is CC(C(=O)N1CCC(CN2CCCCC2=O)CC1)C(N)c1ccccc1. The van der Waals surface area contributed by atoms with Crippen molar-refractivity contribution in [3.63, 3.8) is 0 Å². The number of piperidine rings is 2. The Bertz CT molecular complexity index is 611. The maximum Gasteiger partial charge on any atom is 0.227 e.